The molecule has 2 aliphatic rings. The summed E-state index contributed by atoms with van der Waals surface area (Å²) >= 11 is 0. The van der Waals surface area contributed by atoms with E-state index in [1.54, 1.807) is 6.07 Å². The minimum absolute atomic E-state index is 0.0553. The number of alkyl carbamates (subject to hydrolysis) is 1. The Labute approximate surface area is 230 Å². The standard InChI is InChI=1S/C28H36F2N4O6/c1-4-17-10-12-34(24(17)16(2)35)23(36)15-31-27(38)40-22-13-18(22)7-5-6-11-28(29,30)25-26(37)33-21-14-19(39-3)8-9-20(21)32-25/h8-9,14,17-18,22,24H,4-7,10-13,15H2,1-3H3,(H,31,38)(H,33,37)/t17-,18-,22?,24-/m1/s1. The summed E-state index contributed by atoms with van der Waals surface area (Å²) in [6, 6.07) is 4.17. The molecule has 0 radical (unpaired) electrons. The third-order valence-electron chi connectivity index (χ3n) is 7.85. The number of nitrogens with zero attached hydrogens (tertiary/aromatic N) is 2. The monoisotopic (exact) mass is 562 g/mol. The Hall–Kier alpha value is -3.57. The predicted octanol–water partition coefficient (Wildman–Crippen LogP) is 3.91. The summed E-state index contributed by atoms with van der Waals surface area (Å²) in [5.74, 6) is -3.08. The van der Waals surface area contributed by atoms with Crippen molar-refractivity contribution in [2.24, 2.45) is 11.8 Å². The second-order valence-electron chi connectivity index (χ2n) is 10.6. The second kappa shape index (κ2) is 12.3. The summed E-state index contributed by atoms with van der Waals surface area (Å²) in [5.41, 5.74) is -1.17. The van der Waals surface area contributed by atoms with Crippen molar-refractivity contribution in [3.05, 3.63) is 34.2 Å². The minimum Gasteiger partial charge on any atom is -0.497 e. The number of carbonyl (C=O) groups excluding carboxylic acids is 3. The van der Waals surface area contributed by atoms with E-state index in [-0.39, 0.29) is 48.1 Å². The number of amides is 2. The first-order valence-electron chi connectivity index (χ1n) is 13.7. The molecule has 12 heteroatoms. The molecule has 2 fully saturated rings. The van der Waals surface area contributed by atoms with Gasteiger partial charge in [-0.3, -0.25) is 14.4 Å². The van der Waals surface area contributed by atoms with Crippen LogP contribution in [0.15, 0.2) is 23.0 Å². The minimum atomic E-state index is -3.39. The van der Waals surface area contributed by atoms with E-state index in [1.807, 2.05) is 6.92 Å². The number of fused-ring (bicyclic) bond motifs is 1. The number of unbranched alkanes of at least 4 members (excludes halogenated alkanes) is 1. The van der Waals surface area contributed by atoms with Crippen molar-refractivity contribution in [2.45, 2.75) is 76.9 Å². The summed E-state index contributed by atoms with van der Waals surface area (Å²) in [7, 11) is 1.46. The average molecular weight is 563 g/mol. The van der Waals surface area contributed by atoms with Gasteiger partial charge in [0.2, 0.25) is 5.91 Å². The van der Waals surface area contributed by atoms with E-state index in [0.717, 1.165) is 12.8 Å². The van der Waals surface area contributed by atoms with Gasteiger partial charge in [0.25, 0.3) is 11.5 Å². The van der Waals surface area contributed by atoms with Crippen molar-refractivity contribution in [3.8, 4) is 5.75 Å². The fourth-order valence-electron chi connectivity index (χ4n) is 5.52. The molecule has 218 valence electrons. The molecule has 40 heavy (non-hydrogen) atoms. The van der Waals surface area contributed by atoms with Crippen LogP contribution in [0.2, 0.25) is 0 Å². The lowest BCUT2D eigenvalue weighted by Crippen LogP contribution is -2.46. The highest BCUT2D eigenvalue weighted by atomic mass is 19.3. The van der Waals surface area contributed by atoms with Gasteiger partial charge in [0, 0.05) is 19.0 Å². The van der Waals surface area contributed by atoms with Crippen molar-refractivity contribution < 1.29 is 32.6 Å². The number of aromatic nitrogens is 2. The zero-order chi connectivity index (χ0) is 29.0. The molecule has 2 N–H and O–H groups in total. The number of hydrogen-bond acceptors (Lipinski definition) is 7. The number of Topliss-reactive ketones (excluding diaryl/α,β-unsaturated/α-hetero) is 1. The molecule has 2 aromatic rings. The van der Waals surface area contributed by atoms with Crippen LogP contribution in [0.3, 0.4) is 0 Å². The highest BCUT2D eigenvalue weighted by molar-refractivity contribution is 5.90. The van der Waals surface area contributed by atoms with Gasteiger partial charge < -0.3 is 24.7 Å². The van der Waals surface area contributed by atoms with Crippen molar-refractivity contribution in [1.29, 1.82) is 0 Å². The van der Waals surface area contributed by atoms with Crippen molar-refractivity contribution >= 4 is 28.8 Å². The number of likely N-dealkylation sites (tertiary alicyclic amines) is 1. The van der Waals surface area contributed by atoms with Crippen LogP contribution >= 0.6 is 0 Å². The largest absolute Gasteiger partial charge is 0.497 e. The molecule has 2 amide bonds. The Kier molecular flexibility index (Phi) is 9.05. The van der Waals surface area contributed by atoms with Gasteiger partial charge in [-0.15, -0.1) is 0 Å². The Morgan fingerprint density at radius 1 is 1.23 bits per heavy atom. The maximum absolute atomic E-state index is 14.8. The number of methoxy groups -OCH3 is 1. The van der Waals surface area contributed by atoms with Crippen LogP contribution in [0, 0.1) is 11.8 Å². The van der Waals surface area contributed by atoms with Crippen molar-refractivity contribution in [3.63, 3.8) is 0 Å². The fourth-order valence-corrected chi connectivity index (χ4v) is 5.52. The van der Waals surface area contributed by atoms with Crippen molar-refractivity contribution in [2.75, 3.05) is 20.2 Å². The van der Waals surface area contributed by atoms with Gasteiger partial charge in [-0.1, -0.05) is 19.8 Å². The van der Waals surface area contributed by atoms with E-state index in [2.05, 4.69) is 15.3 Å². The predicted molar refractivity (Wildman–Crippen MR) is 142 cm³/mol. The maximum Gasteiger partial charge on any atom is 0.407 e. The summed E-state index contributed by atoms with van der Waals surface area (Å²) in [4.78, 5) is 56.9. The quantitative estimate of drug-likeness (QED) is 0.375. The number of ketones is 1. The van der Waals surface area contributed by atoms with Crippen LogP contribution in [0.4, 0.5) is 13.6 Å². The molecule has 0 spiro atoms. The number of rotatable bonds is 12. The first-order chi connectivity index (χ1) is 19.0. The van der Waals surface area contributed by atoms with Crippen LogP contribution in [-0.4, -0.2) is 65.0 Å². The Bertz CT molecular complexity index is 1320. The number of halogens is 2. The number of nitrogens with one attached hydrogen (secondary N) is 2. The normalized spacial score (nSPS) is 22.3. The molecular weight excluding hydrogens is 526 g/mol. The summed E-state index contributed by atoms with van der Waals surface area (Å²) in [5, 5.41) is 2.46. The molecule has 10 nitrogen and oxygen atoms in total. The molecule has 2 heterocycles. The van der Waals surface area contributed by atoms with E-state index in [1.165, 1.54) is 31.1 Å². The number of ether oxygens (including phenoxy) is 2. The van der Waals surface area contributed by atoms with Crippen LogP contribution in [-0.2, 0) is 20.2 Å². The van der Waals surface area contributed by atoms with Gasteiger partial charge in [-0.25, -0.2) is 9.78 Å². The summed E-state index contributed by atoms with van der Waals surface area (Å²) in [6.07, 6.45) is 1.88. The third kappa shape index (κ3) is 6.76. The molecule has 1 saturated heterocycles. The smallest absolute Gasteiger partial charge is 0.407 e. The zero-order valence-electron chi connectivity index (χ0n) is 23.0. The fraction of sp³-hybridized carbons (Fsp3) is 0.607. The van der Waals surface area contributed by atoms with Gasteiger partial charge in [0.05, 0.1) is 24.2 Å². The Morgan fingerprint density at radius 2 is 2.00 bits per heavy atom. The van der Waals surface area contributed by atoms with Crippen LogP contribution < -0.4 is 15.6 Å². The summed E-state index contributed by atoms with van der Waals surface area (Å²) in [6.45, 7) is 3.71. The van der Waals surface area contributed by atoms with Gasteiger partial charge in [0.15, 0.2) is 11.5 Å². The molecule has 4 rings (SSSR count). The molecule has 1 aliphatic carbocycles. The number of hydrogen-bond donors (Lipinski definition) is 2. The van der Waals surface area contributed by atoms with Gasteiger partial charge in [-0.2, -0.15) is 8.78 Å². The number of H-pyrrole nitrogens is 1. The average Bonchev–Trinajstić information content (AvgIpc) is 3.49. The van der Waals surface area contributed by atoms with E-state index < -0.39 is 35.7 Å². The van der Waals surface area contributed by atoms with E-state index in [4.69, 9.17) is 9.47 Å². The lowest BCUT2D eigenvalue weighted by Gasteiger charge is -2.25. The van der Waals surface area contributed by atoms with Gasteiger partial charge >= 0.3 is 6.09 Å². The highest BCUT2D eigenvalue weighted by Gasteiger charge is 2.42. The summed E-state index contributed by atoms with van der Waals surface area (Å²) < 4.78 is 40.1. The third-order valence-corrected chi connectivity index (χ3v) is 7.85. The highest BCUT2D eigenvalue weighted by Crippen LogP contribution is 2.39. The number of alkyl halides is 2. The molecule has 1 aromatic heterocycles. The topological polar surface area (TPSA) is 131 Å². The van der Waals surface area contributed by atoms with Crippen molar-refractivity contribution in [1.82, 2.24) is 20.2 Å². The Balaban J connectivity index is 1.17. The maximum atomic E-state index is 14.8. The second-order valence-corrected chi connectivity index (χ2v) is 10.6. The molecule has 0 bridgehead atoms. The van der Waals surface area contributed by atoms with Gasteiger partial charge in [0.1, 0.15) is 18.4 Å². The van der Waals surface area contributed by atoms with E-state index in [0.29, 0.717) is 37.1 Å². The van der Waals surface area contributed by atoms with Crippen LogP contribution in [0.25, 0.3) is 11.0 Å². The molecule has 1 aromatic carbocycles. The first-order valence-corrected chi connectivity index (χ1v) is 13.7. The molecule has 1 unspecified atom stereocenters. The van der Waals surface area contributed by atoms with Gasteiger partial charge in [-0.05, 0) is 56.6 Å². The van der Waals surface area contributed by atoms with E-state index in [9.17, 15) is 28.0 Å². The molecular formula is C28H36F2N4O6. The lowest BCUT2D eigenvalue weighted by atomic mass is 9.95. The first kappa shape index (κ1) is 29.4. The SMILES string of the molecule is CC[C@@H]1CCN(C(=O)CNC(=O)OC2C[C@H]2CCCCC(F)(F)c2nc3ccc(OC)cc3[nH]c2=O)[C@@H]1C(C)=O. The van der Waals surface area contributed by atoms with Crippen LogP contribution in [0.1, 0.15) is 64.5 Å². The molecule has 1 saturated carbocycles. The lowest BCUT2D eigenvalue weighted by molar-refractivity contribution is -0.137. The number of benzene rings is 1. The number of aromatic amines is 1. The molecule has 1 aliphatic heterocycles. The zero-order valence-corrected chi connectivity index (χ0v) is 23.0. The molecule has 4 atom stereocenters. The number of carbonyl (C=O) groups is 3. The van der Waals surface area contributed by atoms with E-state index >= 15 is 0 Å². The Morgan fingerprint density at radius 3 is 2.70 bits per heavy atom. The van der Waals surface area contributed by atoms with Crippen LogP contribution in [0.5, 0.6) is 5.75 Å².